The molecule has 2 N–H and O–H groups in total. The predicted molar refractivity (Wildman–Crippen MR) is 91.5 cm³/mol. The van der Waals surface area contributed by atoms with Crippen LogP contribution in [0.3, 0.4) is 0 Å². The maximum Gasteiger partial charge on any atom is 0.191 e. The minimum absolute atomic E-state index is 0. The second kappa shape index (κ2) is 9.55. The summed E-state index contributed by atoms with van der Waals surface area (Å²) in [4.78, 5) is 4.56. The van der Waals surface area contributed by atoms with Crippen LogP contribution in [-0.4, -0.2) is 31.8 Å². The molecule has 1 aliphatic rings. The van der Waals surface area contributed by atoms with Gasteiger partial charge >= 0.3 is 0 Å². The van der Waals surface area contributed by atoms with E-state index in [9.17, 15) is 0 Å². The van der Waals surface area contributed by atoms with Gasteiger partial charge in [0.05, 0.1) is 12.6 Å². The molecule has 6 heteroatoms. The number of nitrogens with zero attached hydrogens (tertiary/aromatic N) is 1. The van der Waals surface area contributed by atoms with Crippen molar-refractivity contribution in [2.24, 2.45) is 4.99 Å². The molecule has 1 fully saturated rings. The first-order valence-electron chi connectivity index (χ1n) is 6.53. The number of guanidine groups is 1. The highest BCUT2D eigenvalue weighted by atomic mass is 127. The molecule has 2 rings (SSSR count). The third-order valence-corrected chi connectivity index (χ3v) is 3.60. The van der Waals surface area contributed by atoms with Gasteiger partial charge in [-0.15, -0.1) is 24.0 Å². The highest BCUT2D eigenvalue weighted by molar-refractivity contribution is 14.0. The molecule has 1 atom stereocenters. The lowest BCUT2D eigenvalue weighted by atomic mass is 10.2. The Bertz CT molecular complexity index is 364. The van der Waals surface area contributed by atoms with Gasteiger partial charge in [0, 0.05) is 19.7 Å². The summed E-state index contributed by atoms with van der Waals surface area (Å²) in [5.41, 5.74) is 1.26. The molecule has 1 unspecified atom stereocenters. The molecular weight excluding hydrogens is 373 g/mol. The summed E-state index contributed by atoms with van der Waals surface area (Å²) < 4.78 is 5.59. The van der Waals surface area contributed by atoms with Crippen molar-refractivity contribution in [3.8, 4) is 0 Å². The van der Waals surface area contributed by atoms with E-state index in [-0.39, 0.29) is 24.0 Å². The Morgan fingerprint density at radius 3 is 3.05 bits per heavy atom. The van der Waals surface area contributed by atoms with Gasteiger partial charge in [0.2, 0.25) is 0 Å². The van der Waals surface area contributed by atoms with Crippen LogP contribution < -0.4 is 10.6 Å². The molecule has 0 bridgehead atoms. The van der Waals surface area contributed by atoms with Crippen molar-refractivity contribution in [2.75, 3.05) is 19.7 Å². The number of hydrogen-bond acceptors (Lipinski definition) is 3. The molecule has 4 nitrogen and oxygen atoms in total. The summed E-state index contributed by atoms with van der Waals surface area (Å²) in [7, 11) is 0. The molecule has 2 heterocycles. The van der Waals surface area contributed by atoms with Crippen LogP contribution in [0.25, 0.3) is 0 Å². The Morgan fingerprint density at radius 2 is 2.42 bits per heavy atom. The minimum atomic E-state index is 0. The van der Waals surface area contributed by atoms with E-state index in [1.54, 1.807) is 11.3 Å². The molecule has 1 saturated heterocycles. The Labute approximate surface area is 136 Å². The topological polar surface area (TPSA) is 45.7 Å². The molecular formula is C13H22IN3OS. The quantitative estimate of drug-likeness (QED) is 0.458. The summed E-state index contributed by atoms with van der Waals surface area (Å²) >= 11 is 1.71. The molecule has 1 aromatic heterocycles. The standard InChI is InChI=1S/C13H21N3OS.HI/c1-2-14-13(15-8-11-5-7-18-10-11)16-9-12-4-3-6-17-12;/h5,7,10,12H,2-4,6,8-9H2,1H3,(H2,14,15,16);1H. The molecule has 0 radical (unpaired) electrons. The lowest BCUT2D eigenvalue weighted by molar-refractivity contribution is 0.114. The average molecular weight is 395 g/mol. The van der Waals surface area contributed by atoms with Crippen molar-refractivity contribution < 1.29 is 4.74 Å². The van der Waals surface area contributed by atoms with Crippen molar-refractivity contribution in [1.82, 2.24) is 10.6 Å². The third kappa shape index (κ3) is 6.09. The van der Waals surface area contributed by atoms with Crippen LogP contribution in [-0.2, 0) is 11.3 Å². The molecule has 1 aromatic rings. The van der Waals surface area contributed by atoms with Crippen LogP contribution in [0.2, 0.25) is 0 Å². The highest BCUT2D eigenvalue weighted by Gasteiger charge is 2.15. The van der Waals surface area contributed by atoms with Gasteiger partial charge in [-0.05, 0) is 42.2 Å². The molecule has 0 aliphatic carbocycles. The summed E-state index contributed by atoms with van der Waals surface area (Å²) in [6, 6.07) is 2.11. The number of thiophene rings is 1. The summed E-state index contributed by atoms with van der Waals surface area (Å²) in [6.07, 6.45) is 2.67. The van der Waals surface area contributed by atoms with Crippen molar-refractivity contribution >= 4 is 41.3 Å². The van der Waals surface area contributed by atoms with E-state index in [4.69, 9.17) is 4.74 Å². The zero-order valence-electron chi connectivity index (χ0n) is 11.2. The Kier molecular flexibility index (Phi) is 8.40. The lowest BCUT2D eigenvalue weighted by Crippen LogP contribution is -2.41. The summed E-state index contributed by atoms with van der Waals surface area (Å²) in [6.45, 7) is 5.42. The van der Waals surface area contributed by atoms with Crippen molar-refractivity contribution in [1.29, 1.82) is 0 Å². The number of nitrogens with one attached hydrogen (secondary N) is 2. The number of hydrogen-bond donors (Lipinski definition) is 2. The zero-order valence-corrected chi connectivity index (χ0v) is 14.4. The van der Waals surface area contributed by atoms with Gasteiger partial charge in [0.25, 0.3) is 0 Å². The molecule has 0 aromatic carbocycles. The highest BCUT2D eigenvalue weighted by Crippen LogP contribution is 2.10. The van der Waals surface area contributed by atoms with E-state index >= 15 is 0 Å². The number of aliphatic imine (C=N–C) groups is 1. The summed E-state index contributed by atoms with van der Waals surface area (Å²) in [5, 5.41) is 10.8. The van der Waals surface area contributed by atoms with Crippen LogP contribution in [0.1, 0.15) is 25.3 Å². The van der Waals surface area contributed by atoms with Gasteiger partial charge in [-0.3, -0.25) is 0 Å². The van der Waals surface area contributed by atoms with Crippen LogP contribution in [0.5, 0.6) is 0 Å². The maximum atomic E-state index is 5.59. The predicted octanol–water partition coefficient (Wildman–Crippen LogP) is 2.60. The second-order valence-corrected chi connectivity index (χ2v) is 5.12. The first-order chi connectivity index (χ1) is 8.88. The average Bonchev–Trinajstić information content (AvgIpc) is 3.05. The SMILES string of the molecule is CCNC(=NCc1ccsc1)NCC1CCCO1.I. The first kappa shape index (κ1) is 16.7. The second-order valence-electron chi connectivity index (χ2n) is 4.34. The Morgan fingerprint density at radius 1 is 1.53 bits per heavy atom. The van der Waals surface area contributed by atoms with Gasteiger partial charge in [0.15, 0.2) is 5.96 Å². The first-order valence-corrected chi connectivity index (χ1v) is 7.47. The largest absolute Gasteiger partial charge is 0.376 e. The van der Waals surface area contributed by atoms with Gasteiger partial charge in [-0.2, -0.15) is 11.3 Å². The Hall–Kier alpha value is -0.340. The minimum Gasteiger partial charge on any atom is -0.376 e. The van der Waals surface area contributed by atoms with Crippen LogP contribution in [0.15, 0.2) is 21.8 Å². The zero-order chi connectivity index (χ0) is 12.6. The monoisotopic (exact) mass is 395 g/mol. The van der Waals surface area contributed by atoms with Gasteiger partial charge in [-0.1, -0.05) is 0 Å². The fraction of sp³-hybridized carbons (Fsp3) is 0.615. The van der Waals surface area contributed by atoms with Gasteiger partial charge in [0.1, 0.15) is 0 Å². The lowest BCUT2D eigenvalue weighted by Gasteiger charge is -2.14. The van der Waals surface area contributed by atoms with E-state index in [0.717, 1.165) is 38.6 Å². The molecule has 0 amide bonds. The molecule has 0 saturated carbocycles. The fourth-order valence-corrected chi connectivity index (χ4v) is 2.57. The van der Waals surface area contributed by atoms with Gasteiger partial charge in [-0.25, -0.2) is 4.99 Å². The van der Waals surface area contributed by atoms with E-state index in [2.05, 4.69) is 39.4 Å². The third-order valence-electron chi connectivity index (χ3n) is 2.87. The van der Waals surface area contributed by atoms with Gasteiger partial charge < -0.3 is 15.4 Å². The number of ether oxygens (including phenoxy) is 1. The van der Waals surface area contributed by atoms with Crippen molar-refractivity contribution in [2.45, 2.75) is 32.4 Å². The number of rotatable bonds is 5. The summed E-state index contributed by atoms with van der Waals surface area (Å²) in [5.74, 6) is 0.874. The normalized spacial score (nSPS) is 19.0. The molecule has 108 valence electrons. The van der Waals surface area contributed by atoms with E-state index in [1.807, 2.05) is 0 Å². The number of halogens is 1. The van der Waals surface area contributed by atoms with E-state index < -0.39 is 0 Å². The fourth-order valence-electron chi connectivity index (χ4n) is 1.91. The van der Waals surface area contributed by atoms with E-state index in [1.165, 1.54) is 12.0 Å². The van der Waals surface area contributed by atoms with Crippen molar-refractivity contribution in [3.05, 3.63) is 22.4 Å². The molecule has 0 spiro atoms. The van der Waals surface area contributed by atoms with Crippen LogP contribution in [0, 0.1) is 0 Å². The van der Waals surface area contributed by atoms with Crippen molar-refractivity contribution in [3.63, 3.8) is 0 Å². The van der Waals surface area contributed by atoms with Crippen LogP contribution >= 0.6 is 35.3 Å². The molecule has 19 heavy (non-hydrogen) atoms. The smallest absolute Gasteiger partial charge is 0.191 e. The maximum absolute atomic E-state index is 5.59. The van der Waals surface area contributed by atoms with E-state index in [0.29, 0.717) is 6.10 Å². The Balaban J connectivity index is 0.00000180. The molecule has 1 aliphatic heterocycles. The van der Waals surface area contributed by atoms with Crippen LogP contribution in [0.4, 0.5) is 0 Å².